The van der Waals surface area contributed by atoms with E-state index in [1.165, 1.54) is 11.1 Å². The Morgan fingerprint density at radius 1 is 1.14 bits per heavy atom. The molecule has 0 aliphatic rings. The molecule has 3 heteroatoms. The Morgan fingerprint density at radius 2 is 1.86 bits per heavy atom. The van der Waals surface area contributed by atoms with Crippen molar-refractivity contribution < 1.29 is 4.74 Å². The Morgan fingerprint density at radius 3 is 2.43 bits per heavy atom. The molecule has 0 aromatic heterocycles. The number of benzene rings is 2. The molecule has 1 unspecified atom stereocenters. The molecule has 0 amide bonds. The molecule has 0 heterocycles. The fraction of sp³-hybridized carbons (Fsp3) is 0.333. The number of ether oxygens (including phenoxy) is 1. The van der Waals surface area contributed by atoms with Gasteiger partial charge in [0, 0.05) is 10.9 Å². The average molecular weight is 304 g/mol. The van der Waals surface area contributed by atoms with Crippen LogP contribution in [0.4, 0.5) is 0 Å². The summed E-state index contributed by atoms with van der Waals surface area (Å²) in [6.07, 6.45) is 1.88. The molecular weight excluding hydrogens is 282 g/mol. The maximum absolute atomic E-state index is 6.10. The minimum absolute atomic E-state index is 0.267. The molecule has 0 aliphatic carbocycles. The summed E-state index contributed by atoms with van der Waals surface area (Å²) < 4.78 is 5.42. The molecule has 2 aromatic rings. The summed E-state index contributed by atoms with van der Waals surface area (Å²) in [6, 6.07) is 14.4. The van der Waals surface area contributed by atoms with Crippen LogP contribution in [0.2, 0.25) is 5.02 Å². The third kappa shape index (κ3) is 3.99. The van der Waals surface area contributed by atoms with E-state index in [9.17, 15) is 0 Å². The highest BCUT2D eigenvalue weighted by atomic mass is 35.5. The van der Waals surface area contributed by atoms with Gasteiger partial charge in [-0.1, -0.05) is 42.8 Å². The molecule has 0 bridgehead atoms. The minimum Gasteiger partial charge on any atom is -0.496 e. The lowest BCUT2D eigenvalue weighted by atomic mass is 9.91. The lowest BCUT2D eigenvalue weighted by molar-refractivity contribution is 0.408. The standard InChI is InChI=1S/C18H22ClNO/c1-3-13-4-6-14(7-5-13)16(12-20)10-15-11-17(19)8-9-18(15)21-2/h4-9,11,16H,3,10,12,20H2,1-2H3. The molecule has 1 atom stereocenters. The van der Waals surface area contributed by atoms with E-state index in [0.717, 1.165) is 29.2 Å². The zero-order chi connectivity index (χ0) is 15.2. The van der Waals surface area contributed by atoms with E-state index in [2.05, 4.69) is 31.2 Å². The van der Waals surface area contributed by atoms with E-state index in [4.69, 9.17) is 22.1 Å². The molecule has 112 valence electrons. The van der Waals surface area contributed by atoms with Crippen molar-refractivity contribution in [2.45, 2.75) is 25.7 Å². The van der Waals surface area contributed by atoms with Gasteiger partial charge < -0.3 is 10.5 Å². The summed E-state index contributed by atoms with van der Waals surface area (Å²) in [7, 11) is 1.68. The maximum Gasteiger partial charge on any atom is 0.122 e. The fourth-order valence-corrected chi connectivity index (χ4v) is 2.73. The number of aryl methyl sites for hydroxylation is 1. The molecule has 0 aliphatic heterocycles. The Labute approximate surface area is 131 Å². The van der Waals surface area contributed by atoms with Gasteiger partial charge in [-0.3, -0.25) is 0 Å². The number of hydrogen-bond donors (Lipinski definition) is 1. The van der Waals surface area contributed by atoms with Gasteiger partial charge in [-0.2, -0.15) is 0 Å². The first-order valence-corrected chi connectivity index (χ1v) is 7.67. The molecule has 21 heavy (non-hydrogen) atoms. The van der Waals surface area contributed by atoms with Crippen molar-refractivity contribution in [1.29, 1.82) is 0 Å². The molecule has 2 nitrogen and oxygen atoms in total. The largest absolute Gasteiger partial charge is 0.496 e. The summed E-state index contributed by atoms with van der Waals surface area (Å²) >= 11 is 6.10. The summed E-state index contributed by atoms with van der Waals surface area (Å²) in [5.41, 5.74) is 9.68. The average Bonchev–Trinajstić information content (AvgIpc) is 2.53. The van der Waals surface area contributed by atoms with Crippen LogP contribution in [0.1, 0.15) is 29.5 Å². The van der Waals surface area contributed by atoms with Gasteiger partial charge in [-0.15, -0.1) is 0 Å². The lowest BCUT2D eigenvalue weighted by Crippen LogP contribution is -2.15. The van der Waals surface area contributed by atoms with Crippen molar-refractivity contribution in [2.75, 3.05) is 13.7 Å². The third-order valence-electron chi connectivity index (χ3n) is 3.85. The van der Waals surface area contributed by atoms with Gasteiger partial charge in [0.1, 0.15) is 5.75 Å². The molecule has 0 fully saturated rings. The van der Waals surface area contributed by atoms with Gasteiger partial charge in [-0.25, -0.2) is 0 Å². The second kappa shape index (κ2) is 7.48. The summed E-state index contributed by atoms with van der Waals surface area (Å²) in [5.74, 6) is 1.13. The van der Waals surface area contributed by atoms with Gasteiger partial charge in [0.05, 0.1) is 7.11 Å². The van der Waals surface area contributed by atoms with E-state index < -0.39 is 0 Å². The van der Waals surface area contributed by atoms with Crippen LogP contribution in [0.3, 0.4) is 0 Å². The first-order valence-electron chi connectivity index (χ1n) is 7.29. The normalized spacial score (nSPS) is 12.2. The monoisotopic (exact) mass is 303 g/mol. The number of methoxy groups -OCH3 is 1. The van der Waals surface area contributed by atoms with Crippen molar-refractivity contribution in [3.05, 3.63) is 64.2 Å². The van der Waals surface area contributed by atoms with Crippen LogP contribution in [0.5, 0.6) is 5.75 Å². The topological polar surface area (TPSA) is 35.2 Å². The fourth-order valence-electron chi connectivity index (χ4n) is 2.53. The van der Waals surface area contributed by atoms with Gasteiger partial charge >= 0.3 is 0 Å². The van der Waals surface area contributed by atoms with Crippen LogP contribution in [-0.2, 0) is 12.8 Å². The summed E-state index contributed by atoms with van der Waals surface area (Å²) in [6.45, 7) is 2.76. The van der Waals surface area contributed by atoms with Crippen molar-refractivity contribution in [3.63, 3.8) is 0 Å². The Balaban J connectivity index is 2.23. The predicted octanol–water partition coefficient (Wildman–Crippen LogP) is 4.20. The summed E-state index contributed by atoms with van der Waals surface area (Å²) in [4.78, 5) is 0. The van der Waals surface area contributed by atoms with Crippen molar-refractivity contribution in [2.24, 2.45) is 5.73 Å². The number of halogens is 1. The quantitative estimate of drug-likeness (QED) is 0.868. The van der Waals surface area contributed by atoms with Crippen LogP contribution < -0.4 is 10.5 Å². The lowest BCUT2D eigenvalue weighted by Gasteiger charge is -2.18. The first kappa shape index (κ1) is 15.9. The molecule has 0 radical (unpaired) electrons. The first-order chi connectivity index (χ1) is 10.2. The highest BCUT2D eigenvalue weighted by Crippen LogP contribution is 2.28. The number of rotatable bonds is 6. The predicted molar refractivity (Wildman–Crippen MR) is 89.3 cm³/mol. The molecule has 2 aromatic carbocycles. The van der Waals surface area contributed by atoms with Gasteiger partial charge in [0.25, 0.3) is 0 Å². The minimum atomic E-state index is 0.267. The van der Waals surface area contributed by atoms with Crippen LogP contribution in [0, 0.1) is 0 Å². The van der Waals surface area contributed by atoms with E-state index >= 15 is 0 Å². The Bertz CT molecular complexity index is 580. The van der Waals surface area contributed by atoms with Crippen molar-refractivity contribution in [1.82, 2.24) is 0 Å². The molecular formula is C18H22ClNO. The maximum atomic E-state index is 6.10. The van der Waals surface area contributed by atoms with E-state index in [0.29, 0.717) is 6.54 Å². The van der Waals surface area contributed by atoms with Gasteiger partial charge in [0.2, 0.25) is 0 Å². The van der Waals surface area contributed by atoms with Crippen LogP contribution >= 0.6 is 11.6 Å². The van der Waals surface area contributed by atoms with Crippen molar-refractivity contribution in [3.8, 4) is 5.75 Å². The zero-order valence-electron chi connectivity index (χ0n) is 12.6. The second-order valence-corrected chi connectivity index (χ2v) is 5.62. The number of hydrogen-bond acceptors (Lipinski definition) is 2. The van der Waals surface area contributed by atoms with Crippen molar-refractivity contribution >= 4 is 11.6 Å². The van der Waals surface area contributed by atoms with E-state index in [1.54, 1.807) is 7.11 Å². The Kier molecular flexibility index (Phi) is 5.66. The van der Waals surface area contributed by atoms with E-state index in [1.807, 2.05) is 18.2 Å². The highest BCUT2D eigenvalue weighted by Gasteiger charge is 2.14. The number of nitrogens with two attached hydrogens (primary N) is 1. The third-order valence-corrected chi connectivity index (χ3v) is 4.09. The Hall–Kier alpha value is -1.51. The van der Waals surface area contributed by atoms with Crippen LogP contribution in [0.15, 0.2) is 42.5 Å². The molecule has 2 rings (SSSR count). The zero-order valence-corrected chi connectivity index (χ0v) is 13.4. The van der Waals surface area contributed by atoms with Crippen LogP contribution in [0.25, 0.3) is 0 Å². The van der Waals surface area contributed by atoms with Crippen LogP contribution in [-0.4, -0.2) is 13.7 Å². The molecule has 0 saturated heterocycles. The second-order valence-electron chi connectivity index (χ2n) is 5.19. The smallest absolute Gasteiger partial charge is 0.122 e. The molecule has 2 N–H and O–H groups in total. The van der Waals surface area contributed by atoms with Gasteiger partial charge in [-0.05, 0) is 54.3 Å². The highest BCUT2D eigenvalue weighted by molar-refractivity contribution is 6.30. The summed E-state index contributed by atoms with van der Waals surface area (Å²) in [5, 5.41) is 0.725. The molecule has 0 saturated carbocycles. The van der Waals surface area contributed by atoms with E-state index in [-0.39, 0.29) is 5.92 Å². The van der Waals surface area contributed by atoms with Gasteiger partial charge in [0.15, 0.2) is 0 Å². The SMILES string of the molecule is CCc1ccc(C(CN)Cc2cc(Cl)ccc2OC)cc1. The molecule has 0 spiro atoms.